The second kappa shape index (κ2) is 6.54. The minimum atomic E-state index is -1.03. The van der Waals surface area contributed by atoms with Gasteiger partial charge in [0.05, 0.1) is 7.11 Å². The van der Waals surface area contributed by atoms with Gasteiger partial charge in [-0.05, 0) is 0 Å². The van der Waals surface area contributed by atoms with Gasteiger partial charge in [-0.3, -0.25) is 0 Å². The van der Waals surface area contributed by atoms with Crippen molar-refractivity contribution >= 4 is 12.1 Å². The van der Waals surface area contributed by atoms with Crippen LogP contribution in [0.1, 0.15) is 0 Å². The van der Waals surface area contributed by atoms with E-state index in [1.807, 2.05) is 0 Å². The third-order valence-electron chi connectivity index (χ3n) is 0.517. The fourth-order valence-electron chi connectivity index (χ4n) is 0.165. The Labute approximate surface area is 73.7 Å². The smallest absolute Gasteiger partial charge is 0.437 e. The van der Waals surface area contributed by atoms with E-state index in [-0.39, 0.29) is 22.4 Å². The Morgan fingerprint density at radius 3 is 2.30 bits per heavy atom. The van der Waals surface area contributed by atoms with Crippen molar-refractivity contribution in [3.8, 4) is 0 Å². The molecule has 0 saturated heterocycles. The summed E-state index contributed by atoms with van der Waals surface area (Å²) in [6.45, 7) is 3.07. The Bertz CT molecular complexity index is 143. The first-order chi connectivity index (χ1) is 4.20. The Hall–Kier alpha value is -0.580. The van der Waals surface area contributed by atoms with Crippen LogP contribution in [0.3, 0.4) is 0 Å². The summed E-state index contributed by atoms with van der Waals surface area (Å²) in [4.78, 5) is 20.2. The zero-order valence-corrected chi connectivity index (χ0v) is 6.70. The zero-order chi connectivity index (χ0) is 7.28. The summed E-state index contributed by atoms with van der Waals surface area (Å²) in [5.41, 5.74) is 0. The minimum Gasteiger partial charge on any atom is -0.437 e. The van der Waals surface area contributed by atoms with Crippen LogP contribution < -0.4 is 0 Å². The number of ether oxygens (including phenoxy) is 2. The molecule has 0 aromatic heterocycles. The normalized spacial score (nSPS) is 6.90. The summed E-state index contributed by atoms with van der Waals surface area (Å²) < 4.78 is 7.92. The maximum absolute atomic E-state index is 10.1. The summed E-state index contributed by atoms with van der Waals surface area (Å²) in [6, 6.07) is 0. The van der Waals surface area contributed by atoms with Gasteiger partial charge in [0.1, 0.15) is 0 Å². The average Bonchev–Trinajstić information content (AvgIpc) is 1.87. The summed E-state index contributed by atoms with van der Waals surface area (Å²) in [6.07, 6.45) is -0.156. The molecule has 0 heterocycles. The zero-order valence-electron chi connectivity index (χ0n) is 5.22. The number of hydrogen-bond donors (Lipinski definition) is 0. The van der Waals surface area contributed by atoms with Crippen LogP contribution in [-0.4, -0.2) is 19.2 Å². The van der Waals surface area contributed by atoms with E-state index in [9.17, 15) is 9.59 Å². The molecule has 1 radical (unpaired) electrons. The van der Waals surface area contributed by atoms with E-state index < -0.39 is 12.1 Å². The summed E-state index contributed by atoms with van der Waals surface area (Å²) >= 11 is 0. The van der Waals surface area contributed by atoms with Gasteiger partial charge in [-0.25, -0.2) is 9.59 Å². The monoisotopic (exact) mass is 237 g/mol. The molecule has 0 aromatic carbocycles. The predicted octanol–water partition coefficient (Wildman–Crippen LogP) is 0.479. The third-order valence-corrected chi connectivity index (χ3v) is 0.517. The quantitative estimate of drug-likeness (QED) is 0.288. The van der Waals surface area contributed by atoms with Crippen molar-refractivity contribution < 1.29 is 41.4 Å². The first kappa shape index (κ1) is 12.1. The molecule has 0 saturated carbocycles. The van der Waals surface area contributed by atoms with E-state index in [0.29, 0.717) is 0 Å². The summed E-state index contributed by atoms with van der Waals surface area (Å²) in [5.74, 6) is -0.818. The maximum Gasteiger partial charge on any atom is 0.516 e. The summed E-state index contributed by atoms with van der Waals surface area (Å²) in [5, 5.41) is 0. The van der Waals surface area contributed by atoms with Crippen LogP contribution in [0, 0.1) is 0 Å². The molecule has 0 fully saturated rings. The SMILES string of the molecule is C=CC(=O)OC(=O)OC.[Ag]. The van der Waals surface area contributed by atoms with Crippen molar-refractivity contribution in [1.29, 1.82) is 0 Å². The number of esters is 1. The van der Waals surface area contributed by atoms with Crippen LogP contribution in [0.2, 0.25) is 0 Å². The van der Waals surface area contributed by atoms with Gasteiger partial charge in [-0.1, -0.05) is 6.58 Å². The van der Waals surface area contributed by atoms with Crippen LogP contribution >= 0.6 is 0 Å². The van der Waals surface area contributed by atoms with Crippen molar-refractivity contribution in [2.24, 2.45) is 0 Å². The van der Waals surface area contributed by atoms with Crippen LogP contribution in [0.15, 0.2) is 12.7 Å². The number of rotatable bonds is 1. The number of hydrogen-bond acceptors (Lipinski definition) is 4. The molecule has 0 N–H and O–H groups in total. The molecule has 0 rings (SSSR count). The van der Waals surface area contributed by atoms with Crippen molar-refractivity contribution in [2.45, 2.75) is 0 Å². The first-order valence-electron chi connectivity index (χ1n) is 2.13. The second-order valence-corrected chi connectivity index (χ2v) is 1.08. The number of methoxy groups -OCH3 is 1. The molecule has 0 atom stereocenters. The van der Waals surface area contributed by atoms with Crippen LogP contribution in [0.5, 0.6) is 0 Å². The molecule has 0 aromatic rings. The Kier molecular flexibility index (Phi) is 7.93. The molecule has 0 spiro atoms. The standard InChI is InChI=1S/C5H6O4.Ag/c1-3-4(6)9-5(7)8-2;/h3H,1H2,2H3;. The van der Waals surface area contributed by atoms with Gasteiger partial charge in [0.15, 0.2) is 0 Å². The van der Waals surface area contributed by atoms with E-state index in [1.54, 1.807) is 0 Å². The van der Waals surface area contributed by atoms with E-state index in [2.05, 4.69) is 16.1 Å². The molecule has 0 bridgehead atoms. The second-order valence-electron chi connectivity index (χ2n) is 1.08. The predicted molar refractivity (Wildman–Crippen MR) is 28.7 cm³/mol. The minimum absolute atomic E-state index is 0. The van der Waals surface area contributed by atoms with Gasteiger partial charge in [-0.15, -0.1) is 0 Å². The first-order valence-corrected chi connectivity index (χ1v) is 2.13. The van der Waals surface area contributed by atoms with E-state index in [1.165, 1.54) is 0 Å². The van der Waals surface area contributed by atoms with Crippen molar-refractivity contribution in [3.05, 3.63) is 12.7 Å². The fourth-order valence-corrected chi connectivity index (χ4v) is 0.165. The van der Waals surface area contributed by atoms with Crippen LogP contribution in [0.4, 0.5) is 4.79 Å². The van der Waals surface area contributed by atoms with Crippen LogP contribution in [-0.2, 0) is 36.6 Å². The van der Waals surface area contributed by atoms with E-state index >= 15 is 0 Å². The van der Waals surface area contributed by atoms with Gasteiger partial charge < -0.3 is 9.47 Å². The van der Waals surface area contributed by atoms with Crippen molar-refractivity contribution in [3.63, 3.8) is 0 Å². The Morgan fingerprint density at radius 1 is 1.50 bits per heavy atom. The van der Waals surface area contributed by atoms with Crippen molar-refractivity contribution in [1.82, 2.24) is 0 Å². The van der Waals surface area contributed by atoms with E-state index in [0.717, 1.165) is 13.2 Å². The van der Waals surface area contributed by atoms with Crippen molar-refractivity contribution in [2.75, 3.05) is 7.11 Å². The summed E-state index contributed by atoms with van der Waals surface area (Å²) in [7, 11) is 1.11. The molecular formula is C5H6AgO4. The topological polar surface area (TPSA) is 52.6 Å². The molecular weight excluding hydrogens is 232 g/mol. The molecule has 0 unspecified atom stereocenters. The van der Waals surface area contributed by atoms with E-state index in [4.69, 9.17) is 0 Å². The van der Waals surface area contributed by atoms with Gasteiger partial charge in [0, 0.05) is 28.5 Å². The Morgan fingerprint density at radius 2 is 2.00 bits per heavy atom. The molecule has 0 aliphatic rings. The third kappa shape index (κ3) is 5.56. The van der Waals surface area contributed by atoms with Gasteiger partial charge in [0.2, 0.25) is 0 Å². The van der Waals surface area contributed by atoms with Gasteiger partial charge in [0.25, 0.3) is 0 Å². The number of carbonyl (C=O) groups is 2. The molecule has 0 aliphatic carbocycles. The molecule has 0 amide bonds. The molecule has 61 valence electrons. The largest absolute Gasteiger partial charge is 0.516 e. The molecule has 4 nitrogen and oxygen atoms in total. The van der Waals surface area contributed by atoms with Gasteiger partial charge in [-0.2, -0.15) is 0 Å². The molecule has 10 heavy (non-hydrogen) atoms. The fraction of sp³-hybridized carbons (Fsp3) is 0.200. The Balaban J connectivity index is 0. The maximum atomic E-state index is 10.1. The van der Waals surface area contributed by atoms with Gasteiger partial charge >= 0.3 is 12.1 Å². The number of carbonyl (C=O) groups excluding carboxylic acids is 2. The average molecular weight is 238 g/mol. The molecule has 0 aliphatic heterocycles. The van der Waals surface area contributed by atoms with Crippen LogP contribution in [0.25, 0.3) is 0 Å². The molecule has 5 heteroatoms.